The number of benzene rings is 1. The van der Waals surface area contributed by atoms with Crippen LogP contribution in [0.15, 0.2) is 35.5 Å². The number of methoxy groups -OCH3 is 1. The number of ether oxygens (including phenoxy) is 1. The largest absolute Gasteiger partial charge is 0.497 e. The fourth-order valence-corrected chi connectivity index (χ4v) is 2.64. The monoisotopic (exact) mass is 278 g/mol. The average molecular weight is 278 g/mol. The van der Waals surface area contributed by atoms with E-state index in [0.29, 0.717) is 17.0 Å². The summed E-state index contributed by atoms with van der Waals surface area (Å²) in [4.78, 5) is 1.03. The molecule has 2 aromatic rings. The molecule has 0 aliphatic carbocycles. The van der Waals surface area contributed by atoms with Gasteiger partial charge >= 0.3 is 7.12 Å². The molecule has 2 rings (SSSR count). The van der Waals surface area contributed by atoms with Crippen molar-refractivity contribution >= 4 is 24.3 Å². The maximum atomic E-state index is 9.36. The fraction of sp³-hybridized carbons (Fsp3) is 0.250. The molecule has 1 aromatic carbocycles. The Morgan fingerprint density at radius 2 is 2.21 bits per heavy atom. The second kappa shape index (κ2) is 6.14. The lowest BCUT2D eigenvalue weighted by atomic mass is 9.77. The molecule has 0 saturated heterocycles. The summed E-state index contributed by atoms with van der Waals surface area (Å²) >= 11 is 1.58. The summed E-state index contributed by atoms with van der Waals surface area (Å²) in [6, 6.07) is 5.20. The maximum Gasteiger partial charge on any atom is 0.488 e. The summed E-state index contributed by atoms with van der Waals surface area (Å²) in [6.45, 7) is 0. The lowest BCUT2D eigenvalue weighted by Crippen LogP contribution is -2.32. The third-order valence-corrected chi connectivity index (χ3v) is 3.70. The van der Waals surface area contributed by atoms with Gasteiger partial charge in [-0.2, -0.15) is 5.10 Å². The fourth-order valence-electron chi connectivity index (χ4n) is 1.72. The summed E-state index contributed by atoms with van der Waals surface area (Å²) in [7, 11) is 1.97. The average Bonchev–Trinajstić information content (AvgIpc) is 2.81. The zero-order valence-electron chi connectivity index (χ0n) is 10.8. The highest BCUT2D eigenvalue weighted by atomic mass is 32.2. The molecule has 0 fully saturated rings. The Balaban J connectivity index is 2.17. The standard InChI is InChI=1S/C12H15BN2O3S/c1-15-7-11(6-14-15)19-8-9-5-10(18-2)3-4-12(9)13(16)17/h3-7,16-17H,8H2,1-2H3. The number of nitrogens with zero attached hydrogens (tertiary/aromatic N) is 2. The van der Waals surface area contributed by atoms with Crippen LogP contribution in [0.3, 0.4) is 0 Å². The van der Waals surface area contributed by atoms with Crippen molar-refractivity contribution in [2.45, 2.75) is 10.6 Å². The number of aromatic nitrogens is 2. The minimum Gasteiger partial charge on any atom is -0.497 e. The maximum absolute atomic E-state index is 9.36. The van der Waals surface area contributed by atoms with E-state index in [4.69, 9.17) is 4.74 Å². The van der Waals surface area contributed by atoms with Gasteiger partial charge in [0.1, 0.15) is 5.75 Å². The van der Waals surface area contributed by atoms with Crippen molar-refractivity contribution in [2.24, 2.45) is 7.05 Å². The Kier molecular flexibility index (Phi) is 4.52. The van der Waals surface area contributed by atoms with Crippen LogP contribution in [-0.2, 0) is 12.8 Å². The van der Waals surface area contributed by atoms with Gasteiger partial charge in [0.15, 0.2) is 0 Å². The predicted octanol–water partition coefficient (Wildman–Crippen LogP) is 0.401. The van der Waals surface area contributed by atoms with Gasteiger partial charge in [0.05, 0.1) is 13.3 Å². The van der Waals surface area contributed by atoms with Crippen LogP contribution < -0.4 is 10.2 Å². The van der Waals surface area contributed by atoms with Crippen LogP contribution in [0, 0.1) is 0 Å². The molecule has 100 valence electrons. The molecule has 1 heterocycles. The van der Waals surface area contributed by atoms with E-state index >= 15 is 0 Å². The van der Waals surface area contributed by atoms with Gasteiger partial charge in [0, 0.05) is 23.9 Å². The Morgan fingerprint density at radius 3 is 2.79 bits per heavy atom. The van der Waals surface area contributed by atoms with E-state index < -0.39 is 7.12 Å². The Hall–Kier alpha value is -1.44. The molecule has 0 radical (unpaired) electrons. The Morgan fingerprint density at radius 1 is 1.42 bits per heavy atom. The first-order valence-corrected chi connectivity index (χ1v) is 6.73. The number of rotatable bonds is 5. The molecule has 0 aliphatic rings. The molecule has 7 heteroatoms. The molecule has 1 aromatic heterocycles. The van der Waals surface area contributed by atoms with Crippen LogP contribution in [0.1, 0.15) is 5.56 Å². The van der Waals surface area contributed by atoms with E-state index in [-0.39, 0.29) is 0 Å². The molecular weight excluding hydrogens is 263 g/mol. The molecule has 0 amide bonds. The molecule has 0 atom stereocenters. The number of hydrogen-bond acceptors (Lipinski definition) is 5. The van der Waals surface area contributed by atoms with Crippen molar-refractivity contribution in [1.29, 1.82) is 0 Å². The Bertz CT molecular complexity index is 560. The second-order valence-electron chi connectivity index (χ2n) is 4.08. The molecule has 5 nitrogen and oxygen atoms in total. The highest BCUT2D eigenvalue weighted by Crippen LogP contribution is 2.23. The topological polar surface area (TPSA) is 67.5 Å². The van der Waals surface area contributed by atoms with Gasteiger partial charge in [-0.1, -0.05) is 6.07 Å². The van der Waals surface area contributed by atoms with Crippen molar-refractivity contribution in [3.05, 3.63) is 36.2 Å². The molecule has 19 heavy (non-hydrogen) atoms. The van der Waals surface area contributed by atoms with Crippen molar-refractivity contribution in [3.63, 3.8) is 0 Å². The van der Waals surface area contributed by atoms with E-state index in [0.717, 1.165) is 10.5 Å². The minimum absolute atomic E-state index is 0.497. The highest BCUT2D eigenvalue weighted by molar-refractivity contribution is 7.98. The first-order chi connectivity index (χ1) is 9.10. The molecule has 0 unspecified atom stereocenters. The smallest absolute Gasteiger partial charge is 0.488 e. The summed E-state index contributed by atoms with van der Waals surface area (Å²) in [6.07, 6.45) is 3.69. The van der Waals surface area contributed by atoms with Crippen LogP contribution in [0.4, 0.5) is 0 Å². The summed E-state index contributed by atoms with van der Waals surface area (Å²) in [5.74, 6) is 1.32. The van der Waals surface area contributed by atoms with E-state index in [2.05, 4.69) is 5.10 Å². The first kappa shape index (κ1) is 14.0. The van der Waals surface area contributed by atoms with E-state index in [1.54, 1.807) is 41.9 Å². The van der Waals surface area contributed by atoms with Crippen LogP contribution in [0.5, 0.6) is 5.75 Å². The van der Waals surface area contributed by atoms with Gasteiger partial charge in [0.2, 0.25) is 0 Å². The first-order valence-electron chi connectivity index (χ1n) is 5.74. The zero-order chi connectivity index (χ0) is 13.8. The quantitative estimate of drug-likeness (QED) is 0.612. The molecule has 0 spiro atoms. The van der Waals surface area contributed by atoms with E-state index in [9.17, 15) is 10.0 Å². The van der Waals surface area contributed by atoms with Crippen LogP contribution in [0.25, 0.3) is 0 Å². The third kappa shape index (κ3) is 3.53. The van der Waals surface area contributed by atoms with Crippen LogP contribution in [-0.4, -0.2) is 34.1 Å². The molecule has 0 aliphatic heterocycles. The van der Waals surface area contributed by atoms with Crippen LogP contribution >= 0.6 is 11.8 Å². The van der Waals surface area contributed by atoms with Crippen molar-refractivity contribution in [2.75, 3.05) is 7.11 Å². The van der Waals surface area contributed by atoms with Crippen molar-refractivity contribution < 1.29 is 14.8 Å². The predicted molar refractivity (Wildman–Crippen MR) is 75.6 cm³/mol. The van der Waals surface area contributed by atoms with Crippen LogP contribution in [0.2, 0.25) is 0 Å². The van der Waals surface area contributed by atoms with E-state index in [1.165, 1.54) is 0 Å². The van der Waals surface area contributed by atoms with Gasteiger partial charge in [-0.3, -0.25) is 4.68 Å². The summed E-state index contributed by atoms with van der Waals surface area (Å²) in [5.41, 5.74) is 1.33. The van der Waals surface area contributed by atoms with Crippen molar-refractivity contribution in [1.82, 2.24) is 9.78 Å². The van der Waals surface area contributed by atoms with Gasteiger partial charge in [0.25, 0.3) is 0 Å². The third-order valence-electron chi connectivity index (χ3n) is 2.70. The van der Waals surface area contributed by atoms with Gasteiger partial charge in [-0.25, -0.2) is 0 Å². The van der Waals surface area contributed by atoms with Gasteiger partial charge < -0.3 is 14.8 Å². The van der Waals surface area contributed by atoms with Crippen molar-refractivity contribution in [3.8, 4) is 5.75 Å². The summed E-state index contributed by atoms with van der Waals surface area (Å²) in [5, 5.41) is 22.8. The van der Waals surface area contributed by atoms with E-state index in [1.807, 2.05) is 19.3 Å². The highest BCUT2D eigenvalue weighted by Gasteiger charge is 2.16. The SMILES string of the molecule is COc1ccc(B(O)O)c(CSc2cnn(C)c2)c1. The molecular formula is C12H15BN2O3S. The second-order valence-corrected chi connectivity index (χ2v) is 5.13. The number of hydrogen-bond donors (Lipinski definition) is 2. The Labute approximate surface area is 116 Å². The zero-order valence-corrected chi connectivity index (χ0v) is 11.6. The normalized spacial score (nSPS) is 10.5. The number of thioether (sulfide) groups is 1. The molecule has 2 N–H and O–H groups in total. The minimum atomic E-state index is -1.48. The number of aryl methyl sites for hydroxylation is 1. The lowest BCUT2D eigenvalue weighted by molar-refractivity contribution is 0.413. The van der Waals surface area contributed by atoms with Gasteiger partial charge in [-0.15, -0.1) is 11.8 Å². The van der Waals surface area contributed by atoms with Gasteiger partial charge in [-0.05, 0) is 23.2 Å². The lowest BCUT2D eigenvalue weighted by Gasteiger charge is -2.10. The molecule has 0 saturated carbocycles. The molecule has 0 bridgehead atoms. The summed E-state index contributed by atoms with van der Waals surface area (Å²) < 4.78 is 6.89.